The molecule has 2 fully saturated rings. The highest BCUT2D eigenvalue weighted by Crippen LogP contribution is 2.59. The summed E-state index contributed by atoms with van der Waals surface area (Å²) >= 11 is 0. The van der Waals surface area contributed by atoms with E-state index in [0.29, 0.717) is 13.0 Å². The van der Waals surface area contributed by atoms with Crippen molar-refractivity contribution in [2.75, 3.05) is 13.7 Å². The molecule has 24 heavy (non-hydrogen) atoms. The number of halogens is 3. The lowest BCUT2D eigenvalue weighted by Gasteiger charge is -2.37. The Hall–Kier alpha value is -0.920. The van der Waals surface area contributed by atoms with E-state index in [1.807, 2.05) is 13.8 Å². The Morgan fingerprint density at radius 3 is 2.58 bits per heavy atom. The number of alkyl halides is 3. The molecule has 6 atom stereocenters. The summed E-state index contributed by atoms with van der Waals surface area (Å²) in [6, 6.07) is 0. The Balaban J connectivity index is 1.74. The normalized spacial score (nSPS) is 42.9. The van der Waals surface area contributed by atoms with Crippen LogP contribution in [0.3, 0.4) is 0 Å². The van der Waals surface area contributed by atoms with Gasteiger partial charge in [0.25, 0.3) is 0 Å². The van der Waals surface area contributed by atoms with E-state index < -0.39 is 29.4 Å². The van der Waals surface area contributed by atoms with Crippen LogP contribution in [0.2, 0.25) is 0 Å². The van der Waals surface area contributed by atoms with Crippen molar-refractivity contribution in [2.24, 2.45) is 11.8 Å². The molecule has 2 saturated heterocycles. The van der Waals surface area contributed by atoms with Gasteiger partial charge in [-0.15, -0.1) is 0 Å². The Labute approximate surface area is 139 Å². The molecule has 1 unspecified atom stereocenters. The lowest BCUT2D eigenvalue weighted by atomic mass is 9.68. The van der Waals surface area contributed by atoms with Crippen LogP contribution in [-0.4, -0.2) is 49.1 Å². The molecule has 136 valence electrons. The molecule has 0 amide bonds. The average molecular weight is 348 g/mol. The van der Waals surface area contributed by atoms with Crippen LogP contribution in [0.25, 0.3) is 0 Å². The molecule has 0 aromatic carbocycles. The van der Waals surface area contributed by atoms with E-state index in [0.717, 1.165) is 5.57 Å². The number of ether oxygens (including phenoxy) is 3. The van der Waals surface area contributed by atoms with Crippen LogP contribution < -0.4 is 0 Å². The van der Waals surface area contributed by atoms with Crippen molar-refractivity contribution in [1.29, 1.82) is 0 Å². The highest BCUT2D eigenvalue weighted by Gasteiger charge is 2.72. The molecule has 7 heteroatoms. The number of rotatable bonds is 5. The Kier molecular flexibility index (Phi) is 4.13. The SMILES string of the molecule is CO[C@@H]1C(=O)C=C(C)[C@]2(CO2)[C@H]1[C@@]1(C)O[C@@H]1CCC(C)C(F)(F)F. The van der Waals surface area contributed by atoms with Crippen molar-refractivity contribution in [1.82, 2.24) is 0 Å². The summed E-state index contributed by atoms with van der Waals surface area (Å²) in [4.78, 5) is 12.3. The Morgan fingerprint density at radius 1 is 1.46 bits per heavy atom. The number of epoxide rings is 2. The van der Waals surface area contributed by atoms with Gasteiger partial charge >= 0.3 is 6.18 Å². The van der Waals surface area contributed by atoms with Crippen molar-refractivity contribution in [3.63, 3.8) is 0 Å². The van der Waals surface area contributed by atoms with Gasteiger partial charge < -0.3 is 14.2 Å². The van der Waals surface area contributed by atoms with Gasteiger partial charge in [0, 0.05) is 7.11 Å². The minimum absolute atomic E-state index is 0.00471. The van der Waals surface area contributed by atoms with E-state index in [4.69, 9.17) is 14.2 Å². The predicted molar refractivity (Wildman–Crippen MR) is 79.5 cm³/mol. The van der Waals surface area contributed by atoms with Gasteiger partial charge in [0.2, 0.25) is 0 Å². The number of methoxy groups -OCH3 is 1. The zero-order chi connectivity index (χ0) is 17.9. The summed E-state index contributed by atoms with van der Waals surface area (Å²) in [5.41, 5.74) is -0.438. The molecule has 0 saturated carbocycles. The predicted octanol–water partition coefficient (Wildman–Crippen LogP) is 3.05. The Morgan fingerprint density at radius 2 is 2.08 bits per heavy atom. The van der Waals surface area contributed by atoms with Crippen LogP contribution >= 0.6 is 0 Å². The molecule has 3 rings (SSSR count). The zero-order valence-corrected chi connectivity index (χ0v) is 14.3. The topological polar surface area (TPSA) is 51.4 Å². The van der Waals surface area contributed by atoms with Crippen molar-refractivity contribution < 1.29 is 32.2 Å². The van der Waals surface area contributed by atoms with Crippen molar-refractivity contribution >= 4 is 5.78 Å². The maximum absolute atomic E-state index is 12.7. The molecular weight excluding hydrogens is 325 g/mol. The van der Waals surface area contributed by atoms with Gasteiger partial charge in [-0.2, -0.15) is 13.2 Å². The van der Waals surface area contributed by atoms with Gasteiger partial charge in [0.15, 0.2) is 5.78 Å². The summed E-state index contributed by atoms with van der Waals surface area (Å²) in [6.45, 7) is 5.36. The van der Waals surface area contributed by atoms with E-state index >= 15 is 0 Å². The van der Waals surface area contributed by atoms with Crippen molar-refractivity contribution in [2.45, 2.75) is 63.2 Å². The molecule has 2 aliphatic heterocycles. The van der Waals surface area contributed by atoms with Crippen molar-refractivity contribution in [3.8, 4) is 0 Å². The number of ketones is 1. The molecule has 3 aliphatic rings. The highest BCUT2D eigenvalue weighted by atomic mass is 19.4. The molecule has 0 aromatic heterocycles. The van der Waals surface area contributed by atoms with Crippen molar-refractivity contribution in [3.05, 3.63) is 11.6 Å². The monoisotopic (exact) mass is 348 g/mol. The summed E-state index contributed by atoms with van der Waals surface area (Å²) in [5.74, 6) is -1.84. The number of hydrogen-bond acceptors (Lipinski definition) is 4. The second kappa shape index (κ2) is 5.54. The maximum Gasteiger partial charge on any atom is 0.391 e. The summed E-state index contributed by atoms with van der Waals surface area (Å²) in [6.07, 6.45) is -3.34. The third-order valence-corrected chi connectivity index (χ3v) is 5.84. The van der Waals surface area contributed by atoms with E-state index in [-0.39, 0.29) is 24.2 Å². The first-order chi connectivity index (χ1) is 11.1. The first-order valence-electron chi connectivity index (χ1n) is 8.20. The van der Waals surface area contributed by atoms with Gasteiger partial charge in [0.05, 0.1) is 24.5 Å². The molecule has 0 radical (unpaired) electrons. The van der Waals surface area contributed by atoms with E-state index in [1.165, 1.54) is 14.0 Å². The maximum atomic E-state index is 12.7. The molecule has 0 bridgehead atoms. The lowest BCUT2D eigenvalue weighted by molar-refractivity contribution is -0.171. The van der Waals surface area contributed by atoms with Gasteiger partial charge in [-0.05, 0) is 38.3 Å². The minimum atomic E-state index is -4.19. The van der Waals surface area contributed by atoms with Crippen LogP contribution in [0.5, 0.6) is 0 Å². The fourth-order valence-corrected chi connectivity index (χ4v) is 4.03. The molecule has 4 nitrogen and oxygen atoms in total. The Bertz CT molecular complexity index is 567. The van der Waals surface area contributed by atoms with Gasteiger partial charge in [-0.3, -0.25) is 4.79 Å². The largest absolute Gasteiger partial charge is 0.391 e. The number of carbonyl (C=O) groups excluding carboxylic acids is 1. The average Bonchev–Trinajstić information content (AvgIpc) is 3.37. The standard InChI is InChI=1S/C17H23F3O4/c1-9(17(18,19)20)5-6-12-15(3,24-12)14-13(22-4)11(21)7-10(2)16(14)8-23-16/h7,9,12-14H,5-6,8H2,1-4H3/t9?,12-,13-,14-,15+,16-/m1/s1. The quantitative estimate of drug-likeness (QED) is 0.717. The molecule has 1 spiro atoms. The van der Waals surface area contributed by atoms with Crippen LogP contribution in [0, 0.1) is 11.8 Å². The zero-order valence-electron chi connectivity index (χ0n) is 14.3. The summed E-state index contributed by atoms with van der Waals surface area (Å²) in [7, 11) is 1.46. The lowest BCUT2D eigenvalue weighted by Crippen LogP contribution is -2.52. The van der Waals surface area contributed by atoms with E-state index in [9.17, 15) is 18.0 Å². The smallest absolute Gasteiger partial charge is 0.373 e. The molecule has 1 aliphatic carbocycles. The first-order valence-corrected chi connectivity index (χ1v) is 8.20. The fourth-order valence-electron chi connectivity index (χ4n) is 4.03. The number of hydrogen-bond donors (Lipinski definition) is 0. The molecule has 2 heterocycles. The van der Waals surface area contributed by atoms with E-state index in [1.54, 1.807) is 6.08 Å². The molecule has 0 N–H and O–H groups in total. The van der Waals surface area contributed by atoms with Crippen LogP contribution in [0.15, 0.2) is 11.6 Å². The summed E-state index contributed by atoms with van der Waals surface area (Å²) in [5, 5.41) is 0. The fraction of sp³-hybridized carbons (Fsp3) is 0.824. The van der Waals surface area contributed by atoms with E-state index in [2.05, 4.69) is 0 Å². The first kappa shape index (κ1) is 17.9. The second-order valence-electron chi connectivity index (χ2n) is 7.35. The molecule has 0 aromatic rings. The van der Waals surface area contributed by atoms with Crippen LogP contribution in [0.4, 0.5) is 13.2 Å². The van der Waals surface area contributed by atoms with Crippen LogP contribution in [-0.2, 0) is 19.0 Å². The second-order valence-corrected chi connectivity index (χ2v) is 7.35. The summed E-state index contributed by atoms with van der Waals surface area (Å²) < 4.78 is 54.9. The molecular formula is C17H23F3O4. The van der Waals surface area contributed by atoms with Gasteiger partial charge in [-0.1, -0.05) is 6.92 Å². The third-order valence-electron chi connectivity index (χ3n) is 5.84. The van der Waals surface area contributed by atoms with Gasteiger partial charge in [0.1, 0.15) is 17.3 Å². The number of carbonyl (C=O) groups is 1. The third kappa shape index (κ3) is 2.70. The van der Waals surface area contributed by atoms with Gasteiger partial charge in [-0.25, -0.2) is 0 Å². The minimum Gasteiger partial charge on any atom is -0.373 e. The van der Waals surface area contributed by atoms with Crippen LogP contribution in [0.1, 0.15) is 33.6 Å². The highest BCUT2D eigenvalue weighted by molar-refractivity contribution is 5.96.